The lowest BCUT2D eigenvalue weighted by molar-refractivity contribution is -0.119. The van der Waals surface area contributed by atoms with Gasteiger partial charge in [-0.3, -0.25) is 14.6 Å². The van der Waals surface area contributed by atoms with E-state index in [4.69, 9.17) is 5.73 Å². The van der Waals surface area contributed by atoms with Crippen molar-refractivity contribution in [2.24, 2.45) is 5.73 Å². The van der Waals surface area contributed by atoms with Gasteiger partial charge in [0.2, 0.25) is 5.91 Å². The van der Waals surface area contributed by atoms with Gasteiger partial charge in [-0.05, 0) is 57.5 Å². The Bertz CT molecular complexity index is 681. The maximum atomic E-state index is 12.7. The zero-order valence-corrected chi connectivity index (χ0v) is 14.1. The number of rotatable bonds is 4. The van der Waals surface area contributed by atoms with Gasteiger partial charge in [0.15, 0.2) is 0 Å². The maximum Gasteiger partial charge on any atom is 0.325 e. The molecule has 2 saturated heterocycles. The van der Waals surface area contributed by atoms with Crippen LogP contribution in [0.5, 0.6) is 0 Å². The second-order valence-corrected chi connectivity index (χ2v) is 7.18. The van der Waals surface area contributed by atoms with Crippen LogP contribution in [-0.4, -0.2) is 54.5 Å². The number of amides is 3. The highest BCUT2D eigenvalue weighted by atomic mass is 16.2. The molecular formula is C18H23N4O2. The molecule has 2 heterocycles. The van der Waals surface area contributed by atoms with Crippen LogP contribution in [0, 0.1) is 6.42 Å². The number of anilines is 1. The van der Waals surface area contributed by atoms with E-state index >= 15 is 0 Å². The molecule has 1 saturated carbocycles. The fourth-order valence-corrected chi connectivity index (χ4v) is 4.20. The summed E-state index contributed by atoms with van der Waals surface area (Å²) in [5.41, 5.74) is 7.73. The molecule has 1 aromatic rings. The minimum atomic E-state index is -0.616. The molecule has 24 heavy (non-hydrogen) atoms. The quantitative estimate of drug-likeness (QED) is 0.906. The molecule has 2 N–H and O–H groups in total. The first kappa shape index (κ1) is 15.4. The van der Waals surface area contributed by atoms with Gasteiger partial charge in [0, 0.05) is 17.8 Å². The topological polar surface area (TPSA) is 69.9 Å². The SMILES string of the molecule is CN(C)C1(c2ccc(N3C(=O)N4CC[CH][C@@H]4C3C(N)=O)cc2)CC1. The molecule has 0 spiro atoms. The van der Waals surface area contributed by atoms with Gasteiger partial charge in [-0.15, -0.1) is 0 Å². The van der Waals surface area contributed by atoms with Crippen molar-refractivity contribution in [1.29, 1.82) is 0 Å². The average Bonchev–Trinajstić information content (AvgIpc) is 3.15. The van der Waals surface area contributed by atoms with Gasteiger partial charge in [0.25, 0.3) is 0 Å². The zero-order valence-electron chi connectivity index (χ0n) is 14.1. The van der Waals surface area contributed by atoms with E-state index in [1.807, 2.05) is 18.6 Å². The van der Waals surface area contributed by atoms with E-state index in [0.29, 0.717) is 6.54 Å². The Morgan fingerprint density at radius 3 is 2.46 bits per heavy atom. The molecule has 4 rings (SSSR count). The molecule has 0 aromatic heterocycles. The summed E-state index contributed by atoms with van der Waals surface area (Å²) < 4.78 is 0. The predicted octanol–water partition coefficient (Wildman–Crippen LogP) is 1.31. The molecule has 3 fully saturated rings. The highest BCUT2D eigenvalue weighted by Gasteiger charge is 2.51. The predicted molar refractivity (Wildman–Crippen MR) is 91.3 cm³/mol. The van der Waals surface area contributed by atoms with Crippen molar-refractivity contribution in [3.8, 4) is 0 Å². The first-order chi connectivity index (χ1) is 11.5. The minimum Gasteiger partial charge on any atom is -0.368 e. The summed E-state index contributed by atoms with van der Waals surface area (Å²) in [5.74, 6) is -0.454. The second kappa shape index (κ2) is 5.21. The summed E-state index contributed by atoms with van der Waals surface area (Å²) in [4.78, 5) is 30.2. The Morgan fingerprint density at radius 1 is 1.25 bits per heavy atom. The molecule has 1 aliphatic carbocycles. The molecule has 2 aliphatic heterocycles. The number of hydrogen-bond donors (Lipinski definition) is 1. The van der Waals surface area contributed by atoms with Gasteiger partial charge in [-0.2, -0.15) is 0 Å². The lowest BCUT2D eigenvalue weighted by Crippen LogP contribution is -2.46. The Morgan fingerprint density at radius 2 is 1.92 bits per heavy atom. The van der Waals surface area contributed by atoms with E-state index in [1.165, 1.54) is 5.56 Å². The molecule has 1 radical (unpaired) electrons. The molecule has 3 amide bonds. The van der Waals surface area contributed by atoms with Crippen LogP contribution in [0.3, 0.4) is 0 Å². The van der Waals surface area contributed by atoms with Crippen molar-refractivity contribution in [1.82, 2.24) is 9.80 Å². The molecule has 127 valence electrons. The van der Waals surface area contributed by atoms with Crippen LogP contribution in [0.25, 0.3) is 0 Å². The van der Waals surface area contributed by atoms with Gasteiger partial charge in [0.05, 0.1) is 6.04 Å². The third kappa shape index (κ3) is 2.05. The van der Waals surface area contributed by atoms with Crippen LogP contribution in [0.15, 0.2) is 24.3 Å². The van der Waals surface area contributed by atoms with Gasteiger partial charge < -0.3 is 10.6 Å². The van der Waals surface area contributed by atoms with Crippen molar-refractivity contribution in [2.45, 2.75) is 36.9 Å². The average molecular weight is 327 g/mol. The summed E-state index contributed by atoms with van der Waals surface area (Å²) in [6, 6.07) is 7.07. The second-order valence-electron chi connectivity index (χ2n) is 7.18. The van der Waals surface area contributed by atoms with Crippen LogP contribution >= 0.6 is 0 Å². The Hall–Kier alpha value is -2.08. The van der Waals surface area contributed by atoms with Gasteiger partial charge in [-0.25, -0.2) is 4.79 Å². The van der Waals surface area contributed by atoms with Crippen LogP contribution in [0.1, 0.15) is 24.8 Å². The van der Waals surface area contributed by atoms with Crippen molar-refractivity contribution in [3.63, 3.8) is 0 Å². The number of urea groups is 1. The lowest BCUT2D eigenvalue weighted by atomic mass is 10.0. The Labute approximate surface area is 142 Å². The molecule has 6 heteroatoms. The normalized spacial score (nSPS) is 27.7. The van der Waals surface area contributed by atoms with E-state index in [9.17, 15) is 9.59 Å². The third-order valence-electron chi connectivity index (χ3n) is 5.75. The summed E-state index contributed by atoms with van der Waals surface area (Å²) in [5, 5.41) is 0. The molecule has 2 atom stereocenters. The van der Waals surface area contributed by atoms with Gasteiger partial charge >= 0.3 is 6.03 Å². The summed E-state index contributed by atoms with van der Waals surface area (Å²) in [7, 11) is 4.19. The molecule has 3 aliphatic rings. The Balaban J connectivity index is 1.65. The van der Waals surface area contributed by atoms with E-state index in [1.54, 1.807) is 9.80 Å². The number of primary amides is 1. The monoisotopic (exact) mass is 327 g/mol. The van der Waals surface area contributed by atoms with Crippen molar-refractivity contribution >= 4 is 17.6 Å². The first-order valence-corrected chi connectivity index (χ1v) is 8.46. The van der Waals surface area contributed by atoms with Gasteiger partial charge in [-0.1, -0.05) is 12.1 Å². The standard InChI is InChI=1S/C18H23N4O2/c1-20(2)18(9-10-18)12-5-7-13(8-6-12)22-15(16(19)23)14-4-3-11-21(14)17(22)24/h4-8,14-15H,3,9-11H2,1-2H3,(H2,19,23)/t14-,15?/m1/s1. The van der Waals surface area contributed by atoms with Crippen molar-refractivity contribution in [2.75, 3.05) is 25.5 Å². The number of carbonyl (C=O) groups excluding carboxylic acids is 2. The van der Waals surface area contributed by atoms with Crippen LogP contribution in [0.4, 0.5) is 10.5 Å². The number of nitrogens with two attached hydrogens (primary N) is 1. The fourth-order valence-electron chi connectivity index (χ4n) is 4.20. The van der Waals surface area contributed by atoms with E-state index in [-0.39, 0.29) is 17.6 Å². The largest absolute Gasteiger partial charge is 0.368 e. The van der Waals surface area contributed by atoms with Crippen LogP contribution in [-0.2, 0) is 10.3 Å². The molecule has 0 bridgehead atoms. The summed E-state index contributed by atoms with van der Waals surface area (Å²) in [6.45, 7) is 0.658. The first-order valence-electron chi connectivity index (χ1n) is 8.46. The van der Waals surface area contributed by atoms with Gasteiger partial charge in [0.1, 0.15) is 6.04 Å². The van der Waals surface area contributed by atoms with E-state index < -0.39 is 11.9 Å². The minimum absolute atomic E-state index is 0.126. The number of hydrogen-bond acceptors (Lipinski definition) is 3. The molecule has 6 nitrogen and oxygen atoms in total. The van der Waals surface area contributed by atoms with Crippen molar-refractivity contribution in [3.05, 3.63) is 36.2 Å². The lowest BCUT2D eigenvalue weighted by Gasteiger charge is -2.26. The van der Waals surface area contributed by atoms with E-state index in [2.05, 4.69) is 31.1 Å². The zero-order chi connectivity index (χ0) is 17.1. The fraction of sp³-hybridized carbons (Fsp3) is 0.500. The molecular weight excluding hydrogens is 304 g/mol. The summed E-state index contributed by atoms with van der Waals surface area (Å²) in [6.07, 6.45) is 5.14. The van der Waals surface area contributed by atoms with Crippen LogP contribution in [0.2, 0.25) is 0 Å². The highest BCUT2D eigenvalue weighted by Crippen LogP contribution is 2.50. The molecule has 1 aromatic carbocycles. The smallest absolute Gasteiger partial charge is 0.325 e. The molecule has 1 unspecified atom stereocenters. The Kier molecular flexibility index (Phi) is 3.35. The highest BCUT2D eigenvalue weighted by molar-refractivity contribution is 6.04. The summed E-state index contributed by atoms with van der Waals surface area (Å²) >= 11 is 0. The number of fused-ring (bicyclic) bond motifs is 1. The van der Waals surface area contributed by atoms with Crippen molar-refractivity contribution < 1.29 is 9.59 Å². The van der Waals surface area contributed by atoms with E-state index in [0.717, 1.165) is 24.9 Å². The number of benzene rings is 1. The third-order valence-corrected chi connectivity index (χ3v) is 5.75. The number of carbonyl (C=O) groups is 2. The number of nitrogens with zero attached hydrogens (tertiary/aromatic N) is 3. The van der Waals surface area contributed by atoms with Crippen LogP contribution < -0.4 is 10.6 Å². The maximum absolute atomic E-state index is 12.7.